The Labute approximate surface area is 130 Å². The van der Waals surface area contributed by atoms with Gasteiger partial charge in [-0.25, -0.2) is 0 Å². The van der Waals surface area contributed by atoms with Crippen molar-refractivity contribution < 1.29 is 0 Å². The van der Waals surface area contributed by atoms with Crippen molar-refractivity contribution in [3.8, 4) is 11.1 Å². The lowest BCUT2D eigenvalue weighted by atomic mass is 10.0. The number of nitrogens with zero attached hydrogens (tertiary/aromatic N) is 1. The van der Waals surface area contributed by atoms with Gasteiger partial charge in [0.25, 0.3) is 0 Å². The van der Waals surface area contributed by atoms with Gasteiger partial charge < -0.3 is 4.90 Å². The van der Waals surface area contributed by atoms with Crippen LogP contribution in [0.3, 0.4) is 0 Å². The van der Waals surface area contributed by atoms with Crippen LogP contribution in [0.1, 0.15) is 16.7 Å². The Morgan fingerprint density at radius 2 is 1.36 bits per heavy atom. The highest BCUT2D eigenvalue weighted by Crippen LogP contribution is 2.44. The number of hydrogen-bond donors (Lipinski definition) is 0. The summed E-state index contributed by atoms with van der Waals surface area (Å²) in [6.07, 6.45) is 2.20. The molecular weight excluding hydrogens is 266 g/mol. The summed E-state index contributed by atoms with van der Waals surface area (Å²) in [6.45, 7) is 1.09. The Kier molecular flexibility index (Phi) is 2.45. The zero-order valence-electron chi connectivity index (χ0n) is 12.4. The Balaban J connectivity index is 1.68. The molecule has 0 unspecified atom stereocenters. The molecule has 0 aromatic heterocycles. The third-order valence-electron chi connectivity index (χ3n) is 5.00. The monoisotopic (exact) mass is 283 g/mol. The minimum absolute atomic E-state index is 1.06. The van der Waals surface area contributed by atoms with Crippen LogP contribution in [0.25, 0.3) is 11.1 Å². The summed E-state index contributed by atoms with van der Waals surface area (Å²) in [4.78, 5) is 2.50. The SMILES string of the molecule is c1ccc2c(c1)Cc1c-2cccc1N1CCc2ccccc21. The number of benzene rings is 3. The Bertz CT molecular complexity index is 879. The van der Waals surface area contributed by atoms with E-state index >= 15 is 0 Å². The van der Waals surface area contributed by atoms with Crippen LogP contribution >= 0.6 is 0 Å². The molecule has 0 saturated carbocycles. The average molecular weight is 283 g/mol. The molecule has 22 heavy (non-hydrogen) atoms. The van der Waals surface area contributed by atoms with Crippen molar-refractivity contribution in [3.63, 3.8) is 0 Å². The standard InChI is InChI=1S/C21H17N/c1-3-8-17-16(7-1)14-19-18(17)9-5-11-21(19)22-13-12-15-6-2-4-10-20(15)22/h1-11H,12-14H2. The van der Waals surface area contributed by atoms with Crippen molar-refractivity contribution in [1.82, 2.24) is 0 Å². The fourth-order valence-electron chi connectivity index (χ4n) is 3.98. The summed E-state index contributed by atoms with van der Waals surface area (Å²) < 4.78 is 0. The molecule has 0 atom stereocenters. The van der Waals surface area contributed by atoms with E-state index in [1.165, 1.54) is 39.2 Å². The summed E-state index contributed by atoms with van der Waals surface area (Å²) in [7, 11) is 0. The Morgan fingerprint density at radius 1 is 0.636 bits per heavy atom. The molecule has 0 N–H and O–H groups in total. The molecule has 1 aliphatic heterocycles. The number of hydrogen-bond acceptors (Lipinski definition) is 1. The zero-order chi connectivity index (χ0) is 14.5. The molecule has 0 saturated heterocycles. The molecule has 0 radical (unpaired) electrons. The van der Waals surface area contributed by atoms with E-state index < -0.39 is 0 Å². The molecule has 5 rings (SSSR count). The van der Waals surface area contributed by atoms with Gasteiger partial charge in [-0.15, -0.1) is 0 Å². The average Bonchev–Trinajstić information content (AvgIpc) is 3.16. The summed E-state index contributed by atoms with van der Waals surface area (Å²) in [5, 5.41) is 0. The van der Waals surface area contributed by atoms with Gasteiger partial charge in [-0.3, -0.25) is 0 Å². The number of anilines is 2. The first kappa shape index (κ1) is 12.0. The van der Waals surface area contributed by atoms with Crippen LogP contribution in [0.4, 0.5) is 11.4 Å². The van der Waals surface area contributed by atoms with Gasteiger partial charge in [-0.05, 0) is 46.4 Å². The highest BCUT2D eigenvalue weighted by Gasteiger charge is 2.26. The molecule has 0 fully saturated rings. The molecule has 0 bridgehead atoms. The molecule has 2 aliphatic rings. The second-order valence-electron chi connectivity index (χ2n) is 6.17. The van der Waals surface area contributed by atoms with E-state index in [2.05, 4.69) is 71.6 Å². The maximum Gasteiger partial charge on any atom is 0.0453 e. The van der Waals surface area contributed by atoms with E-state index in [1.54, 1.807) is 0 Å². The number of para-hydroxylation sites is 1. The highest BCUT2D eigenvalue weighted by atomic mass is 15.2. The predicted molar refractivity (Wildman–Crippen MR) is 91.8 cm³/mol. The van der Waals surface area contributed by atoms with Gasteiger partial charge in [-0.1, -0.05) is 54.6 Å². The molecular formula is C21H17N. The molecule has 3 aromatic rings. The largest absolute Gasteiger partial charge is 0.341 e. The van der Waals surface area contributed by atoms with Crippen molar-refractivity contribution >= 4 is 11.4 Å². The predicted octanol–water partition coefficient (Wildman–Crippen LogP) is 4.95. The first-order valence-electron chi connectivity index (χ1n) is 7.97. The van der Waals surface area contributed by atoms with Crippen molar-refractivity contribution in [3.05, 3.63) is 83.4 Å². The maximum absolute atomic E-state index is 2.50. The van der Waals surface area contributed by atoms with Gasteiger partial charge in [0.15, 0.2) is 0 Å². The highest BCUT2D eigenvalue weighted by molar-refractivity contribution is 5.85. The van der Waals surface area contributed by atoms with E-state index in [1.807, 2.05) is 0 Å². The number of fused-ring (bicyclic) bond motifs is 4. The molecule has 0 spiro atoms. The molecule has 1 heterocycles. The molecule has 0 amide bonds. The van der Waals surface area contributed by atoms with Crippen LogP contribution in [-0.4, -0.2) is 6.54 Å². The first-order valence-corrected chi connectivity index (χ1v) is 7.97. The van der Waals surface area contributed by atoms with E-state index in [-0.39, 0.29) is 0 Å². The van der Waals surface area contributed by atoms with Crippen LogP contribution in [-0.2, 0) is 12.8 Å². The third-order valence-corrected chi connectivity index (χ3v) is 5.00. The van der Waals surface area contributed by atoms with E-state index in [4.69, 9.17) is 0 Å². The van der Waals surface area contributed by atoms with Crippen LogP contribution in [0.15, 0.2) is 66.7 Å². The second kappa shape index (κ2) is 4.48. The van der Waals surface area contributed by atoms with Gasteiger partial charge in [-0.2, -0.15) is 0 Å². The lowest BCUT2D eigenvalue weighted by molar-refractivity contribution is 0.989. The van der Waals surface area contributed by atoms with E-state index in [0.29, 0.717) is 0 Å². The summed E-state index contributed by atoms with van der Waals surface area (Å²) >= 11 is 0. The maximum atomic E-state index is 2.50. The summed E-state index contributed by atoms with van der Waals surface area (Å²) in [5.41, 5.74) is 10.0. The first-order chi connectivity index (χ1) is 10.9. The second-order valence-corrected chi connectivity index (χ2v) is 6.17. The molecule has 3 aromatic carbocycles. The van der Waals surface area contributed by atoms with Crippen molar-refractivity contribution in [2.24, 2.45) is 0 Å². The van der Waals surface area contributed by atoms with Gasteiger partial charge in [0.2, 0.25) is 0 Å². The summed E-state index contributed by atoms with van der Waals surface area (Å²) in [6, 6.07) is 24.4. The number of rotatable bonds is 1. The van der Waals surface area contributed by atoms with Crippen LogP contribution in [0, 0.1) is 0 Å². The third kappa shape index (κ3) is 1.59. The quantitative estimate of drug-likeness (QED) is 0.477. The van der Waals surface area contributed by atoms with Gasteiger partial charge in [0.05, 0.1) is 0 Å². The van der Waals surface area contributed by atoms with Gasteiger partial charge >= 0.3 is 0 Å². The fraction of sp³-hybridized carbons (Fsp3) is 0.143. The molecule has 1 nitrogen and oxygen atoms in total. The molecule has 1 aliphatic carbocycles. The Hall–Kier alpha value is -2.54. The van der Waals surface area contributed by atoms with Crippen molar-refractivity contribution in [2.75, 3.05) is 11.4 Å². The Morgan fingerprint density at radius 3 is 2.32 bits per heavy atom. The zero-order valence-corrected chi connectivity index (χ0v) is 12.4. The lowest BCUT2D eigenvalue weighted by Crippen LogP contribution is -2.15. The van der Waals surface area contributed by atoms with E-state index in [9.17, 15) is 0 Å². The van der Waals surface area contributed by atoms with E-state index in [0.717, 1.165) is 19.4 Å². The van der Waals surface area contributed by atoms with Gasteiger partial charge in [0, 0.05) is 24.3 Å². The summed E-state index contributed by atoms with van der Waals surface area (Å²) in [5.74, 6) is 0. The molecule has 106 valence electrons. The van der Waals surface area contributed by atoms with Crippen LogP contribution in [0.5, 0.6) is 0 Å². The lowest BCUT2D eigenvalue weighted by Gasteiger charge is -2.22. The van der Waals surface area contributed by atoms with Gasteiger partial charge in [0.1, 0.15) is 0 Å². The normalized spacial score (nSPS) is 14.6. The van der Waals surface area contributed by atoms with Crippen LogP contribution in [0.2, 0.25) is 0 Å². The fourth-order valence-corrected chi connectivity index (χ4v) is 3.98. The van der Waals surface area contributed by atoms with Crippen molar-refractivity contribution in [2.45, 2.75) is 12.8 Å². The molecule has 1 heteroatoms. The minimum Gasteiger partial charge on any atom is -0.341 e. The van der Waals surface area contributed by atoms with Crippen LogP contribution < -0.4 is 4.90 Å². The minimum atomic E-state index is 1.06. The van der Waals surface area contributed by atoms with Crippen molar-refractivity contribution in [1.29, 1.82) is 0 Å². The smallest absolute Gasteiger partial charge is 0.0453 e. The topological polar surface area (TPSA) is 3.24 Å².